The van der Waals surface area contributed by atoms with Crippen LogP contribution in [0.2, 0.25) is 0 Å². The first-order valence-corrected chi connectivity index (χ1v) is 8.37. The van der Waals surface area contributed by atoms with Crippen molar-refractivity contribution in [2.75, 3.05) is 31.1 Å². The lowest BCUT2D eigenvalue weighted by atomic mass is 9.96. The van der Waals surface area contributed by atoms with Crippen LogP contribution in [0.5, 0.6) is 0 Å². The number of piperidine rings is 1. The Bertz CT molecular complexity index is 417. The molecular weight excluding hydrogens is 262 g/mol. The molecule has 21 heavy (non-hydrogen) atoms. The molecule has 2 N–H and O–H groups in total. The lowest BCUT2D eigenvalue weighted by Crippen LogP contribution is -2.44. The molecule has 1 saturated carbocycles. The predicted octanol–water partition coefficient (Wildman–Crippen LogP) is 2.05. The van der Waals surface area contributed by atoms with Crippen LogP contribution in [0.3, 0.4) is 0 Å². The first-order valence-electron chi connectivity index (χ1n) is 8.37. The first kappa shape index (κ1) is 14.8. The quantitative estimate of drug-likeness (QED) is 0.871. The van der Waals surface area contributed by atoms with Gasteiger partial charge >= 0.3 is 0 Å². The Morgan fingerprint density at radius 3 is 2.67 bits per heavy atom. The smallest absolute Gasteiger partial charge is 0.128 e. The molecule has 0 spiro atoms. The van der Waals surface area contributed by atoms with Gasteiger partial charge in [-0.05, 0) is 56.2 Å². The molecule has 0 radical (unpaired) electrons. The molecular formula is C17H27N3O. The van der Waals surface area contributed by atoms with Crippen molar-refractivity contribution < 1.29 is 5.11 Å². The van der Waals surface area contributed by atoms with E-state index in [1.165, 1.54) is 32.1 Å². The fraction of sp³-hybridized carbons (Fsp3) is 0.706. The minimum absolute atomic E-state index is 0.366. The lowest BCUT2D eigenvalue weighted by Gasteiger charge is -2.34. The van der Waals surface area contributed by atoms with E-state index in [0.29, 0.717) is 24.5 Å². The van der Waals surface area contributed by atoms with Crippen LogP contribution in [-0.4, -0.2) is 42.4 Å². The second-order valence-corrected chi connectivity index (χ2v) is 6.49. The normalized spacial score (nSPS) is 27.2. The molecule has 4 nitrogen and oxygen atoms in total. The van der Waals surface area contributed by atoms with Crippen LogP contribution < -0.4 is 10.2 Å². The molecule has 2 unspecified atom stereocenters. The van der Waals surface area contributed by atoms with Gasteiger partial charge in [-0.1, -0.05) is 12.5 Å². The van der Waals surface area contributed by atoms with Crippen molar-refractivity contribution in [2.24, 2.45) is 11.8 Å². The molecule has 3 rings (SSSR count). The zero-order valence-corrected chi connectivity index (χ0v) is 12.7. The Kier molecular flexibility index (Phi) is 5.09. The summed E-state index contributed by atoms with van der Waals surface area (Å²) in [7, 11) is 0. The summed E-state index contributed by atoms with van der Waals surface area (Å²) in [6, 6.07) is 6.75. The topological polar surface area (TPSA) is 48.4 Å². The minimum atomic E-state index is 0.366. The highest BCUT2D eigenvalue weighted by Gasteiger charge is 2.27. The fourth-order valence-corrected chi connectivity index (χ4v) is 3.79. The molecule has 2 atom stereocenters. The summed E-state index contributed by atoms with van der Waals surface area (Å²) in [5, 5.41) is 13.1. The molecule has 1 aromatic rings. The molecule has 2 fully saturated rings. The zero-order chi connectivity index (χ0) is 14.5. The van der Waals surface area contributed by atoms with E-state index < -0.39 is 0 Å². The van der Waals surface area contributed by atoms with Gasteiger partial charge in [0.1, 0.15) is 5.82 Å². The van der Waals surface area contributed by atoms with Crippen LogP contribution in [-0.2, 0) is 0 Å². The molecule has 0 amide bonds. The van der Waals surface area contributed by atoms with Gasteiger partial charge in [-0.3, -0.25) is 0 Å². The number of aromatic nitrogens is 1. The zero-order valence-electron chi connectivity index (χ0n) is 12.7. The Morgan fingerprint density at radius 1 is 1.14 bits per heavy atom. The van der Waals surface area contributed by atoms with E-state index in [2.05, 4.69) is 27.3 Å². The SMILES string of the molecule is OCC1CCCC1CNC1CCN(c2ccccn2)CC1. The first-order chi connectivity index (χ1) is 10.4. The molecule has 116 valence electrons. The van der Waals surface area contributed by atoms with E-state index in [9.17, 15) is 5.11 Å². The number of rotatable bonds is 5. The summed E-state index contributed by atoms with van der Waals surface area (Å²) in [5.41, 5.74) is 0. The third kappa shape index (κ3) is 3.74. The van der Waals surface area contributed by atoms with Crippen molar-refractivity contribution in [1.82, 2.24) is 10.3 Å². The maximum Gasteiger partial charge on any atom is 0.128 e. The number of aliphatic hydroxyl groups excluding tert-OH is 1. The molecule has 4 heteroatoms. The van der Waals surface area contributed by atoms with Crippen molar-refractivity contribution in [1.29, 1.82) is 0 Å². The van der Waals surface area contributed by atoms with E-state index in [-0.39, 0.29) is 0 Å². The van der Waals surface area contributed by atoms with Crippen LogP contribution in [0, 0.1) is 11.8 Å². The number of pyridine rings is 1. The van der Waals surface area contributed by atoms with Crippen molar-refractivity contribution >= 4 is 5.82 Å². The number of nitrogens with one attached hydrogen (secondary N) is 1. The predicted molar refractivity (Wildman–Crippen MR) is 85.4 cm³/mol. The van der Waals surface area contributed by atoms with Crippen molar-refractivity contribution in [3.8, 4) is 0 Å². The van der Waals surface area contributed by atoms with Crippen molar-refractivity contribution in [3.63, 3.8) is 0 Å². The van der Waals surface area contributed by atoms with Gasteiger partial charge in [0.25, 0.3) is 0 Å². The van der Waals surface area contributed by atoms with Crippen molar-refractivity contribution in [2.45, 2.75) is 38.1 Å². The second kappa shape index (κ2) is 7.23. The fourth-order valence-electron chi connectivity index (χ4n) is 3.79. The van der Waals surface area contributed by atoms with E-state index in [1.807, 2.05) is 12.3 Å². The highest BCUT2D eigenvalue weighted by Crippen LogP contribution is 2.31. The third-order valence-electron chi connectivity index (χ3n) is 5.19. The lowest BCUT2D eigenvalue weighted by molar-refractivity contribution is 0.189. The number of aliphatic hydroxyl groups is 1. The van der Waals surface area contributed by atoms with E-state index in [0.717, 1.165) is 25.5 Å². The molecule has 2 heterocycles. The maximum absolute atomic E-state index is 9.39. The van der Waals surface area contributed by atoms with Crippen LogP contribution in [0.1, 0.15) is 32.1 Å². The number of nitrogens with zero attached hydrogens (tertiary/aromatic N) is 2. The monoisotopic (exact) mass is 289 g/mol. The Morgan fingerprint density at radius 2 is 1.95 bits per heavy atom. The van der Waals surface area contributed by atoms with Gasteiger partial charge in [-0.25, -0.2) is 4.98 Å². The van der Waals surface area contributed by atoms with Crippen LogP contribution >= 0.6 is 0 Å². The second-order valence-electron chi connectivity index (χ2n) is 6.49. The summed E-state index contributed by atoms with van der Waals surface area (Å²) in [4.78, 5) is 6.81. The highest BCUT2D eigenvalue weighted by atomic mass is 16.3. The van der Waals surface area contributed by atoms with Gasteiger partial charge in [-0.15, -0.1) is 0 Å². The molecule has 0 aromatic carbocycles. The largest absolute Gasteiger partial charge is 0.396 e. The molecule has 1 aromatic heterocycles. The number of anilines is 1. The Labute approximate surface area is 127 Å². The van der Waals surface area contributed by atoms with Gasteiger partial charge in [0, 0.05) is 31.9 Å². The molecule has 1 aliphatic carbocycles. The Hall–Kier alpha value is -1.13. The van der Waals surface area contributed by atoms with E-state index in [1.54, 1.807) is 0 Å². The van der Waals surface area contributed by atoms with Gasteiger partial charge < -0.3 is 15.3 Å². The van der Waals surface area contributed by atoms with E-state index >= 15 is 0 Å². The standard InChI is InChI=1S/C17H27N3O/c21-13-15-5-3-4-14(15)12-19-16-7-10-20(11-8-16)17-6-1-2-9-18-17/h1-2,6,9,14-16,19,21H,3-5,7-8,10-13H2. The summed E-state index contributed by atoms with van der Waals surface area (Å²) in [5.74, 6) is 2.32. The van der Waals surface area contributed by atoms with E-state index in [4.69, 9.17) is 0 Å². The summed E-state index contributed by atoms with van der Waals surface area (Å²) < 4.78 is 0. The molecule has 2 aliphatic rings. The average molecular weight is 289 g/mol. The van der Waals surface area contributed by atoms with Gasteiger partial charge in [-0.2, -0.15) is 0 Å². The molecule has 1 aliphatic heterocycles. The summed E-state index contributed by atoms with van der Waals surface area (Å²) in [6.45, 7) is 3.62. The van der Waals surface area contributed by atoms with Crippen LogP contribution in [0.15, 0.2) is 24.4 Å². The van der Waals surface area contributed by atoms with Crippen LogP contribution in [0.25, 0.3) is 0 Å². The maximum atomic E-state index is 9.39. The minimum Gasteiger partial charge on any atom is -0.396 e. The molecule has 1 saturated heterocycles. The van der Waals surface area contributed by atoms with Gasteiger partial charge in [0.15, 0.2) is 0 Å². The molecule has 0 bridgehead atoms. The third-order valence-corrected chi connectivity index (χ3v) is 5.19. The Balaban J connectivity index is 1.42. The van der Waals surface area contributed by atoms with Crippen LogP contribution in [0.4, 0.5) is 5.82 Å². The van der Waals surface area contributed by atoms with Gasteiger partial charge in [0.05, 0.1) is 0 Å². The van der Waals surface area contributed by atoms with Crippen molar-refractivity contribution in [3.05, 3.63) is 24.4 Å². The van der Waals surface area contributed by atoms with Gasteiger partial charge in [0.2, 0.25) is 0 Å². The highest BCUT2D eigenvalue weighted by molar-refractivity contribution is 5.38. The summed E-state index contributed by atoms with van der Waals surface area (Å²) in [6.07, 6.45) is 8.02. The number of hydrogen-bond acceptors (Lipinski definition) is 4. The number of hydrogen-bond donors (Lipinski definition) is 2. The summed E-state index contributed by atoms with van der Waals surface area (Å²) >= 11 is 0. The average Bonchev–Trinajstić information content (AvgIpc) is 3.02.